The molecule has 0 saturated carbocycles. The van der Waals surface area contributed by atoms with Gasteiger partial charge >= 0.3 is 5.97 Å². The van der Waals surface area contributed by atoms with Gasteiger partial charge < -0.3 is 5.11 Å². The Morgan fingerprint density at radius 2 is 1.74 bits per heavy atom. The first-order valence-corrected chi connectivity index (χ1v) is 9.63. The fourth-order valence-corrected chi connectivity index (χ4v) is 4.01. The van der Waals surface area contributed by atoms with Gasteiger partial charge in [0, 0.05) is 16.3 Å². The molecule has 2 aromatic carbocycles. The Kier molecular flexibility index (Phi) is 6.25. The highest BCUT2D eigenvalue weighted by molar-refractivity contribution is 7.92. The highest BCUT2D eigenvalue weighted by Crippen LogP contribution is 2.29. The maximum absolute atomic E-state index is 12.6. The van der Waals surface area contributed by atoms with Gasteiger partial charge in [-0.1, -0.05) is 35.3 Å². The first kappa shape index (κ1) is 20.9. The minimum Gasteiger partial charge on any atom is -0.475 e. The third-order valence-corrected chi connectivity index (χ3v) is 5.75. The number of carbonyl (C=O) groups excluding carboxylic acids is 2. The molecule has 0 saturated heterocycles. The Balaban J connectivity index is 2.30. The Morgan fingerprint density at radius 3 is 2.37 bits per heavy atom. The van der Waals surface area contributed by atoms with Crippen LogP contribution in [-0.4, -0.2) is 31.1 Å². The summed E-state index contributed by atoms with van der Waals surface area (Å²) in [5.41, 5.74) is 0.549. The van der Waals surface area contributed by atoms with Crippen LogP contribution in [0.4, 0.5) is 5.69 Å². The summed E-state index contributed by atoms with van der Waals surface area (Å²) in [5.74, 6) is -3.72. The second-order valence-corrected chi connectivity index (χ2v) is 8.01. The molecule has 7 nitrogen and oxygen atoms in total. The summed E-state index contributed by atoms with van der Waals surface area (Å²) in [6, 6.07) is 7.95. The van der Waals surface area contributed by atoms with E-state index >= 15 is 0 Å². The van der Waals surface area contributed by atoms with Crippen LogP contribution in [0.3, 0.4) is 0 Å². The number of halogens is 2. The lowest BCUT2D eigenvalue weighted by molar-refractivity contribution is -0.148. The smallest absolute Gasteiger partial charge is 0.372 e. The molecule has 0 aromatic heterocycles. The predicted octanol–water partition coefficient (Wildman–Crippen LogP) is 3.33. The maximum atomic E-state index is 12.6. The summed E-state index contributed by atoms with van der Waals surface area (Å²) < 4.78 is 27.4. The molecule has 0 atom stereocenters. The number of carboxylic acid groups (broad SMARTS) is 1. The van der Waals surface area contributed by atoms with Gasteiger partial charge in [0.2, 0.25) is 5.78 Å². The monoisotopic (exact) mass is 429 g/mol. The molecule has 0 heterocycles. The highest BCUT2D eigenvalue weighted by atomic mass is 35.5. The predicted molar refractivity (Wildman–Crippen MR) is 100 cm³/mol. The molecule has 27 heavy (non-hydrogen) atoms. The van der Waals surface area contributed by atoms with Gasteiger partial charge in [-0.25, -0.2) is 13.2 Å². The molecule has 0 spiro atoms. The van der Waals surface area contributed by atoms with Gasteiger partial charge in [0.15, 0.2) is 5.78 Å². The number of aryl methyl sites for hydroxylation is 1. The van der Waals surface area contributed by atoms with E-state index in [2.05, 4.69) is 4.72 Å². The number of rotatable bonds is 7. The first-order chi connectivity index (χ1) is 12.5. The lowest BCUT2D eigenvalue weighted by Gasteiger charge is -2.12. The van der Waals surface area contributed by atoms with E-state index in [4.69, 9.17) is 28.3 Å². The lowest BCUT2D eigenvalue weighted by Crippen LogP contribution is -2.17. The molecule has 2 aromatic rings. The number of sulfonamides is 1. The van der Waals surface area contributed by atoms with Gasteiger partial charge in [0.05, 0.1) is 11.4 Å². The Bertz CT molecular complexity index is 1050. The van der Waals surface area contributed by atoms with E-state index in [9.17, 15) is 22.8 Å². The van der Waals surface area contributed by atoms with Crippen molar-refractivity contribution >= 4 is 56.4 Å². The minimum atomic E-state index is -4.08. The quantitative estimate of drug-likeness (QED) is 0.395. The van der Waals surface area contributed by atoms with Crippen molar-refractivity contribution in [2.45, 2.75) is 18.2 Å². The Morgan fingerprint density at radius 1 is 1.07 bits per heavy atom. The lowest BCUT2D eigenvalue weighted by atomic mass is 10.1. The molecule has 2 rings (SSSR count). The van der Waals surface area contributed by atoms with Gasteiger partial charge in [-0.2, -0.15) is 0 Å². The van der Waals surface area contributed by atoms with Crippen molar-refractivity contribution < 1.29 is 27.9 Å². The van der Waals surface area contributed by atoms with Gasteiger partial charge in [0.25, 0.3) is 10.0 Å². The van der Waals surface area contributed by atoms with Crippen molar-refractivity contribution in [1.82, 2.24) is 0 Å². The van der Waals surface area contributed by atoms with Crippen LogP contribution in [-0.2, 0) is 19.6 Å². The van der Waals surface area contributed by atoms with Crippen LogP contribution in [0.15, 0.2) is 41.3 Å². The molecule has 0 fully saturated rings. The first-order valence-electron chi connectivity index (χ1n) is 7.39. The zero-order valence-corrected chi connectivity index (χ0v) is 16.2. The van der Waals surface area contributed by atoms with Gasteiger partial charge in [-0.15, -0.1) is 0 Å². The fraction of sp³-hybridized carbons (Fsp3) is 0.118. The molecule has 10 heteroatoms. The summed E-state index contributed by atoms with van der Waals surface area (Å²) >= 11 is 11.9. The minimum absolute atomic E-state index is 0.0109. The van der Waals surface area contributed by atoms with Crippen molar-refractivity contribution in [2.75, 3.05) is 4.72 Å². The number of ketones is 2. The molecular formula is C17H13Cl2NO6S. The number of aliphatic carboxylic acids is 1. The van der Waals surface area contributed by atoms with Crippen LogP contribution < -0.4 is 4.72 Å². The standard InChI is InChI=1S/C17H13Cl2NO6S/c1-9-5-16(13(19)7-12(9)18)27(25,26)20-11-4-2-3-10(6-11)14(21)8-15(22)17(23)24/h2-7,20H,8H2,1H3,(H,23,24). The van der Waals surface area contributed by atoms with Crippen LogP contribution in [0.1, 0.15) is 22.3 Å². The van der Waals surface area contributed by atoms with Gasteiger partial charge in [0.1, 0.15) is 4.90 Å². The third-order valence-electron chi connectivity index (χ3n) is 3.50. The summed E-state index contributed by atoms with van der Waals surface area (Å²) in [6.45, 7) is 1.62. The molecule has 0 aliphatic heterocycles. The maximum Gasteiger partial charge on any atom is 0.372 e. The summed E-state index contributed by atoms with van der Waals surface area (Å²) in [5, 5.41) is 8.81. The van der Waals surface area contributed by atoms with E-state index in [1.807, 2.05) is 0 Å². The highest BCUT2D eigenvalue weighted by Gasteiger charge is 2.21. The van der Waals surface area contributed by atoms with Crippen molar-refractivity contribution in [1.29, 1.82) is 0 Å². The molecule has 0 aliphatic rings. The normalized spacial score (nSPS) is 11.1. The largest absolute Gasteiger partial charge is 0.475 e. The van der Waals surface area contributed by atoms with Crippen molar-refractivity contribution in [3.8, 4) is 0 Å². The topological polar surface area (TPSA) is 118 Å². The van der Waals surface area contributed by atoms with Crippen LogP contribution in [0.2, 0.25) is 10.0 Å². The van der Waals surface area contributed by atoms with Crippen LogP contribution in [0.25, 0.3) is 0 Å². The van der Waals surface area contributed by atoms with Crippen molar-refractivity contribution in [3.05, 3.63) is 57.6 Å². The zero-order chi connectivity index (χ0) is 20.4. The fourth-order valence-electron chi connectivity index (χ4n) is 2.13. The summed E-state index contributed by atoms with van der Waals surface area (Å²) in [4.78, 5) is 33.5. The molecule has 0 amide bonds. The average Bonchev–Trinajstić information content (AvgIpc) is 2.57. The van der Waals surface area contributed by atoms with E-state index in [0.717, 1.165) is 0 Å². The van der Waals surface area contributed by atoms with Crippen molar-refractivity contribution in [2.24, 2.45) is 0 Å². The number of carboxylic acids is 1. The number of hydrogen-bond acceptors (Lipinski definition) is 5. The molecule has 2 N–H and O–H groups in total. The second kappa shape index (κ2) is 8.08. The van der Waals surface area contributed by atoms with Gasteiger partial charge in [-0.3, -0.25) is 14.3 Å². The molecule has 0 radical (unpaired) electrons. The SMILES string of the molecule is Cc1cc(S(=O)(=O)Nc2cccc(C(=O)CC(=O)C(=O)O)c2)c(Cl)cc1Cl. The zero-order valence-electron chi connectivity index (χ0n) is 13.8. The summed E-state index contributed by atoms with van der Waals surface area (Å²) in [6.07, 6.45) is -0.826. The number of nitrogens with one attached hydrogen (secondary N) is 1. The Labute approximate surface area is 165 Å². The van der Waals surface area contributed by atoms with E-state index in [0.29, 0.717) is 10.6 Å². The number of Topliss-reactive ketones (excluding diaryl/α,β-unsaturated/α-hetero) is 2. The van der Waals surface area contributed by atoms with Crippen LogP contribution in [0.5, 0.6) is 0 Å². The van der Waals surface area contributed by atoms with E-state index in [-0.39, 0.29) is 21.2 Å². The third kappa shape index (κ3) is 5.06. The number of anilines is 1. The van der Waals surface area contributed by atoms with E-state index < -0.39 is 34.0 Å². The molecule has 142 valence electrons. The van der Waals surface area contributed by atoms with E-state index in [1.54, 1.807) is 6.92 Å². The number of carbonyl (C=O) groups is 3. The Hall–Kier alpha value is -2.42. The summed E-state index contributed by atoms with van der Waals surface area (Å²) in [7, 11) is -4.08. The molecule has 0 unspecified atom stereocenters. The second-order valence-electron chi connectivity index (χ2n) is 5.55. The van der Waals surface area contributed by atoms with Crippen molar-refractivity contribution in [3.63, 3.8) is 0 Å². The van der Waals surface area contributed by atoms with Crippen LogP contribution in [0, 0.1) is 6.92 Å². The van der Waals surface area contributed by atoms with Gasteiger partial charge in [-0.05, 0) is 36.8 Å². The molecule has 0 aliphatic carbocycles. The average molecular weight is 430 g/mol. The molecular weight excluding hydrogens is 417 g/mol. The number of benzene rings is 2. The van der Waals surface area contributed by atoms with E-state index in [1.165, 1.54) is 36.4 Å². The van der Waals surface area contributed by atoms with Crippen LogP contribution >= 0.6 is 23.2 Å². The number of hydrogen-bond donors (Lipinski definition) is 2. The molecule has 0 bridgehead atoms.